The monoisotopic (exact) mass is 215 g/mol. The lowest BCUT2D eigenvalue weighted by Crippen LogP contribution is -2.16. The van der Waals surface area contributed by atoms with Gasteiger partial charge in [0.1, 0.15) is 0 Å². The molecule has 1 aromatic heterocycles. The highest BCUT2D eigenvalue weighted by Crippen LogP contribution is 2.25. The number of aromatic nitrogens is 2. The second kappa shape index (κ2) is 3.67. The van der Waals surface area contributed by atoms with Crippen molar-refractivity contribution in [2.45, 2.75) is 26.2 Å². The van der Waals surface area contributed by atoms with E-state index in [1.54, 1.807) is 0 Å². The van der Waals surface area contributed by atoms with Crippen LogP contribution in [-0.4, -0.2) is 9.55 Å². The van der Waals surface area contributed by atoms with Crippen LogP contribution in [0.4, 0.5) is 5.69 Å². The topological polar surface area (TPSA) is 43.8 Å². The van der Waals surface area contributed by atoms with Crippen LogP contribution in [0.1, 0.15) is 26.5 Å². The average Bonchev–Trinajstić information content (AvgIpc) is 2.65. The fourth-order valence-electron chi connectivity index (χ4n) is 1.73. The molecule has 0 fully saturated rings. The molecule has 3 heteroatoms. The quantitative estimate of drug-likeness (QED) is 0.743. The van der Waals surface area contributed by atoms with E-state index in [1.807, 2.05) is 36.8 Å². The van der Waals surface area contributed by atoms with Crippen molar-refractivity contribution in [1.29, 1.82) is 0 Å². The van der Waals surface area contributed by atoms with E-state index in [9.17, 15) is 0 Å². The van der Waals surface area contributed by atoms with Gasteiger partial charge in [0.05, 0.1) is 6.33 Å². The van der Waals surface area contributed by atoms with Gasteiger partial charge >= 0.3 is 0 Å². The van der Waals surface area contributed by atoms with Gasteiger partial charge in [-0.3, -0.25) is 0 Å². The number of hydrogen-bond acceptors (Lipinski definition) is 2. The number of rotatable bonds is 1. The van der Waals surface area contributed by atoms with Crippen molar-refractivity contribution in [3.05, 3.63) is 42.5 Å². The third kappa shape index (κ3) is 1.94. The predicted octanol–water partition coefficient (Wildman–Crippen LogP) is 2.75. The first-order chi connectivity index (χ1) is 7.48. The summed E-state index contributed by atoms with van der Waals surface area (Å²) < 4.78 is 2.08. The third-order valence-corrected chi connectivity index (χ3v) is 2.56. The van der Waals surface area contributed by atoms with Gasteiger partial charge < -0.3 is 10.3 Å². The molecule has 84 valence electrons. The fourth-order valence-corrected chi connectivity index (χ4v) is 1.73. The van der Waals surface area contributed by atoms with Gasteiger partial charge in [0.2, 0.25) is 0 Å². The maximum Gasteiger partial charge on any atom is 0.0994 e. The Morgan fingerprint density at radius 2 is 2.00 bits per heavy atom. The Morgan fingerprint density at radius 3 is 2.62 bits per heavy atom. The molecule has 0 aliphatic heterocycles. The van der Waals surface area contributed by atoms with Crippen LogP contribution in [-0.2, 0) is 5.41 Å². The maximum atomic E-state index is 5.79. The molecule has 3 nitrogen and oxygen atoms in total. The van der Waals surface area contributed by atoms with Crippen LogP contribution in [0.15, 0.2) is 36.8 Å². The number of nitrogens with zero attached hydrogens (tertiary/aromatic N) is 2. The zero-order valence-corrected chi connectivity index (χ0v) is 9.94. The van der Waals surface area contributed by atoms with Gasteiger partial charge in [-0.05, 0) is 18.2 Å². The molecule has 16 heavy (non-hydrogen) atoms. The molecule has 0 aliphatic carbocycles. The van der Waals surface area contributed by atoms with Crippen molar-refractivity contribution in [3.8, 4) is 5.69 Å². The Hall–Kier alpha value is -1.77. The number of benzene rings is 1. The molecule has 2 rings (SSSR count). The van der Waals surface area contributed by atoms with Gasteiger partial charge in [-0.2, -0.15) is 0 Å². The average molecular weight is 215 g/mol. The zero-order chi connectivity index (χ0) is 11.8. The molecule has 0 amide bonds. The van der Waals surface area contributed by atoms with Gasteiger partial charge in [-0.1, -0.05) is 26.8 Å². The highest BCUT2D eigenvalue weighted by molar-refractivity contribution is 5.48. The van der Waals surface area contributed by atoms with Crippen LogP contribution in [0.25, 0.3) is 5.69 Å². The minimum atomic E-state index is 0.0705. The molecule has 0 spiro atoms. The smallest absolute Gasteiger partial charge is 0.0994 e. The van der Waals surface area contributed by atoms with Crippen LogP contribution >= 0.6 is 0 Å². The molecule has 0 saturated heterocycles. The van der Waals surface area contributed by atoms with Gasteiger partial charge in [0.25, 0.3) is 0 Å². The minimum Gasteiger partial charge on any atom is -0.399 e. The summed E-state index contributed by atoms with van der Waals surface area (Å²) in [6.07, 6.45) is 3.73. The normalized spacial score (nSPS) is 11.7. The Balaban J connectivity index is 2.53. The first-order valence-electron chi connectivity index (χ1n) is 5.37. The van der Waals surface area contributed by atoms with E-state index >= 15 is 0 Å². The van der Waals surface area contributed by atoms with Gasteiger partial charge in [-0.15, -0.1) is 0 Å². The first kappa shape index (κ1) is 10.7. The molecule has 2 N–H and O–H groups in total. The number of imidazole rings is 1. The summed E-state index contributed by atoms with van der Waals surface area (Å²) >= 11 is 0. The van der Waals surface area contributed by atoms with Crippen molar-refractivity contribution < 1.29 is 0 Å². The van der Waals surface area contributed by atoms with E-state index in [2.05, 4.69) is 30.3 Å². The molecule has 0 aliphatic rings. The number of nitrogens with two attached hydrogens (primary N) is 1. The molecule has 0 radical (unpaired) electrons. The maximum absolute atomic E-state index is 5.79. The van der Waals surface area contributed by atoms with Crippen molar-refractivity contribution in [3.63, 3.8) is 0 Å². The van der Waals surface area contributed by atoms with E-state index in [0.717, 1.165) is 11.4 Å². The van der Waals surface area contributed by atoms with Crippen LogP contribution < -0.4 is 5.73 Å². The van der Waals surface area contributed by atoms with Gasteiger partial charge in [-0.25, -0.2) is 4.98 Å². The molecule has 0 unspecified atom stereocenters. The summed E-state index contributed by atoms with van der Waals surface area (Å²) in [6.45, 7) is 6.52. The van der Waals surface area contributed by atoms with Crippen molar-refractivity contribution in [2.24, 2.45) is 0 Å². The van der Waals surface area contributed by atoms with Crippen molar-refractivity contribution in [1.82, 2.24) is 9.55 Å². The molecule has 0 atom stereocenters. The standard InChI is InChI=1S/C13H17N3/c1-13(2,3)12-8-15-9-16(12)11-6-4-5-10(14)7-11/h4-9H,14H2,1-3H3. The molecule has 2 aromatic rings. The summed E-state index contributed by atoms with van der Waals surface area (Å²) in [5.74, 6) is 0. The zero-order valence-electron chi connectivity index (χ0n) is 9.94. The largest absolute Gasteiger partial charge is 0.399 e. The van der Waals surface area contributed by atoms with Crippen LogP contribution in [0.5, 0.6) is 0 Å². The minimum absolute atomic E-state index is 0.0705. The Bertz CT molecular complexity index is 492. The Morgan fingerprint density at radius 1 is 1.25 bits per heavy atom. The molecule has 0 bridgehead atoms. The summed E-state index contributed by atoms with van der Waals surface area (Å²) in [7, 11) is 0. The number of anilines is 1. The summed E-state index contributed by atoms with van der Waals surface area (Å²) in [5, 5.41) is 0. The molecular formula is C13H17N3. The van der Waals surface area contributed by atoms with E-state index in [1.165, 1.54) is 5.69 Å². The predicted molar refractivity (Wildman–Crippen MR) is 66.7 cm³/mol. The molecule has 0 saturated carbocycles. The van der Waals surface area contributed by atoms with Gasteiger partial charge in [0.15, 0.2) is 0 Å². The van der Waals surface area contributed by atoms with E-state index < -0.39 is 0 Å². The van der Waals surface area contributed by atoms with E-state index in [-0.39, 0.29) is 5.41 Å². The lowest BCUT2D eigenvalue weighted by Gasteiger charge is -2.20. The lowest BCUT2D eigenvalue weighted by molar-refractivity contribution is 0.556. The molecule has 1 heterocycles. The van der Waals surface area contributed by atoms with E-state index in [0.29, 0.717) is 0 Å². The SMILES string of the molecule is CC(C)(C)c1cncn1-c1cccc(N)c1. The molecular weight excluding hydrogens is 198 g/mol. The Labute approximate surface area is 95.9 Å². The lowest BCUT2D eigenvalue weighted by atomic mass is 9.92. The highest BCUT2D eigenvalue weighted by atomic mass is 15.1. The number of hydrogen-bond donors (Lipinski definition) is 1. The van der Waals surface area contributed by atoms with Crippen LogP contribution in [0.3, 0.4) is 0 Å². The first-order valence-corrected chi connectivity index (χ1v) is 5.37. The molecule has 1 aromatic carbocycles. The fraction of sp³-hybridized carbons (Fsp3) is 0.308. The highest BCUT2D eigenvalue weighted by Gasteiger charge is 2.19. The Kier molecular flexibility index (Phi) is 2.46. The van der Waals surface area contributed by atoms with E-state index in [4.69, 9.17) is 5.73 Å². The summed E-state index contributed by atoms with van der Waals surface area (Å²) in [5.41, 5.74) is 8.87. The van der Waals surface area contributed by atoms with Crippen LogP contribution in [0.2, 0.25) is 0 Å². The van der Waals surface area contributed by atoms with Gasteiger partial charge in [0, 0.05) is 28.7 Å². The van der Waals surface area contributed by atoms with Crippen LogP contribution in [0, 0.1) is 0 Å². The van der Waals surface area contributed by atoms with Crippen molar-refractivity contribution >= 4 is 5.69 Å². The number of nitrogen functional groups attached to an aromatic ring is 1. The second-order valence-corrected chi connectivity index (χ2v) is 4.99. The second-order valence-electron chi connectivity index (χ2n) is 4.99. The summed E-state index contributed by atoms with van der Waals surface area (Å²) in [4.78, 5) is 4.22. The van der Waals surface area contributed by atoms with Crippen molar-refractivity contribution in [2.75, 3.05) is 5.73 Å². The third-order valence-electron chi connectivity index (χ3n) is 2.56. The summed E-state index contributed by atoms with van der Waals surface area (Å²) in [6, 6.07) is 7.83.